The van der Waals surface area contributed by atoms with Gasteiger partial charge in [-0.15, -0.1) is 11.8 Å². The minimum atomic E-state index is -4.34. The Hall–Kier alpha value is -1.95. The Balaban J connectivity index is 1.48. The van der Waals surface area contributed by atoms with Crippen LogP contribution in [0.4, 0.5) is 13.2 Å². The molecule has 1 amide bonds. The van der Waals surface area contributed by atoms with E-state index in [0.717, 1.165) is 41.9 Å². The summed E-state index contributed by atoms with van der Waals surface area (Å²) in [6.45, 7) is 0.370. The Labute approximate surface area is 154 Å². The number of hydrogen-bond donors (Lipinski definition) is 0. The zero-order chi connectivity index (χ0) is 18.3. The fourth-order valence-electron chi connectivity index (χ4n) is 3.27. The topological polar surface area (TPSA) is 20.3 Å². The molecule has 2 aromatic rings. The summed E-state index contributed by atoms with van der Waals surface area (Å²) >= 11 is 1.59. The van der Waals surface area contributed by atoms with Crippen LogP contribution >= 0.6 is 11.8 Å². The highest BCUT2D eigenvalue weighted by Crippen LogP contribution is 2.40. The molecule has 0 N–H and O–H groups in total. The summed E-state index contributed by atoms with van der Waals surface area (Å²) in [5.41, 5.74) is 1.27. The van der Waals surface area contributed by atoms with Crippen LogP contribution in [0.5, 0.6) is 0 Å². The molecule has 1 atom stereocenters. The number of carbonyl (C=O) groups is 1. The molecule has 0 radical (unpaired) electrons. The maximum atomic E-state index is 13.1. The van der Waals surface area contributed by atoms with Gasteiger partial charge in [0.05, 0.1) is 10.8 Å². The zero-order valence-corrected chi connectivity index (χ0v) is 14.8. The number of nitrogens with zero attached hydrogens (tertiary/aromatic N) is 1. The number of halogens is 3. The Morgan fingerprint density at radius 1 is 1.08 bits per heavy atom. The normalized spacial score (nSPS) is 19.3. The molecule has 1 aliphatic heterocycles. The number of thioether (sulfide) groups is 1. The van der Waals surface area contributed by atoms with Crippen molar-refractivity contribution in [3.05, 3.63) is 65.2 Å². The fraction of sp³-hybridized carbons (Fsp3) is 0.350. The lowest BCUT2D eigenvalue weighted by molar-refractivity contribution is -0.137. The van der Waals surface area contributed by atoms with Gasteiger partial charge in [-0.3, -0.25) is 4.79 Å². The van der Waals surface area contributed by atoms with Crippen LogP contribution in [-0.2, 0) is 23.9 Å². The van der Waals surface area contributed by atoms with Crippen LogP contribution in [0.15, 0.2) is 53.4 Å². The van der Waals surface area contributed by atoms with Gasteiger partial charge in [0.2, 0.25) is 5.91 Å². The van der Waals surface area contributed by atoms with Gasteiger partial charge in [-0.25, -0.2) is 0 Å². The third-order valence-corrected chi connectivity index (χ3v) is 6.13. The molecular weight excluding hydrogens is 359 g/mol. The first kappa shape index (κ1) is 17.5. The van der Waals surface area contributed by atoms with Crippen molar-refractivity contribution in [1.82, 2.24) is 4.90 Å². The molecule has 0 spiro atoms. The summed E-state index contributed by atoms with van der Waals surface area (Å²) < 4.78 is 38.1. The van der Waals surface area contributed by atoms with E-state index in [1.54, 1.807) is 11.8 Å². The Bertz CT molecular complexity index is 790. The van der Waals surface area contributed by atoms with Gasteiger partial charge in [-0.1, -0.05) is 30.3 Å². The number of alkyl halides is 3. The van der Waals surface area contributed by atoms with E-state index in [2.05, 4.69) is 0 Å². The van der Waals surface area contributed by atoms with Crippen LogP contribution < -0.4 is 0 Å². The van der Waals surface area contributed by atoms with Gasteiger partial charge in [-0.05, 0) is 48.6 Å². The Kier molecular flexibility index (Phi) is 4.47. The van der Waals surface area contributed by atoms with Crippen molar-refractivity contribution in [2.45, 2.75) is 48.2 Å². The number of hydrogen-bond acceptors (Lipinski definition) is 2. The van der Waals surface area contributed by atoms with Crippen LogP contribution in [0.1, 0.15) is 29.5 Å². The van der Waals surface area contributed by atoms with Gasteiger partial charge in [0.25, 0.3) is 0 Å². The highest BCUT2D eigenvalue weighted by Gasteiger charge is 2.38. The molecule has 0 unspecified atom stereocenters. The number of rotatable bonds is 4. The highest BCUT2D eigenvalue weighted by molar-refractivity contribution is 8.01. The first-order valence-electron chi connectivity index (χ1n) is 8.63. The highest BCUT2D eigenvalue weighted by atomic mass is 32.2. The number of benzene rings is 2. The predicted octanol–water partition coefficient (Wildman–Crippen LogP) is 4.91. The molecule has 1 aliphatic carbocycles. The summed E-state index contributed by atoms with van der Waals surface area (Å²) in [6.07, 6.45) is -1.68. The first-order chi connectivity index (χ1) is 12.4. The van der Waals surface area contributed by atoms with Crippen LogP contribution in [-0.4, -0.2) is 22.1 Å². The summed E-state index contributed by atoms with van der Waals surface area (Å²) in [7, 11) is 0. The summed E-state index contributed by atoms with van der Waals surface area (Å²) in [6, 6.07) is 13.4. The predicted molar refractivity (Wildman–Crippen MR) is 94.8 cm³/mol. The van der Waals surface area contributed by atoms with E-state index < -0.39 is 11.7 Å². The molecule has 26 heavy (non-hydrogen) atoms. The molecule has 2 aromatic carbocycles. The van der Waals surface area contributed by atoms with E-state index >= 15 is 0 Å². The van der Waals surface area contributed by atoms with E-state index in [-0.39, 0.29) is 17.2 Å². The maximum absolute atomic E-state index is 13.1. The standard InChI is InChI=1S/C20H18F3NOS/c21-20(22,23)15-7-5-13(6-8-15)12-24(16-9-10-16)19(25)18-11-14-3-1-2-4-17(14)26-18/h1-8,16,18H,9-12H2/t18-/m0/s1. The first-order valence-corrected chi connectivity index (χ1v) is 9.51. The van der Waals surface area contributed by atoms with Gasteiger partial charge < -0.3 is 4.90 Å². The quantitative estimate of drug-likeness (QED) is 0.754. The zero-order valence-electron chi connectivity index (χ0n) is 14.0. The van der Waals surface area contributed by atoms with Crippen molar-refractivity contribution in [3.8, 4) is 0 Å². The van der Waals surface area contributed by atoms with E-state index in [9.17, 15) is 18.0 Å². The third kappa shape index (κ3) is 3.61. The van der Waals surface area contributed by atoms with Crippen molar-refractivity contribution in [2.75, 3.05) is 0 Å². The molecule has 0 aromatic heterocycles. The minimum Gasteiger partial charge on any atom is -0.334 e. The molecule has 6 heteroatoms. The fourth-order valence-corrected chi connectivity index (χ4v) is 4.54. The van der Waals surface area contributed by atoms with E-state index in [1.807, 2.05) is 29.2 Å². The van der Waals surface area contributed by atoms with E-state index in [1.165, 1.54) is 17.7 Å². The van der Waals surface area contributed by atoms with Gasteiger partial charge in [0.15, 0.2) is 0 Å². The van der Waals surface area contributed by atoms with Crippen molar-refractivity contribution in [2.24, 2.45) is 0 Å². The second-order valence-electron chi connectivity index (χ2n) is 6.81. The van der Waals surface area contributed by atoms with Crippen molar-refractivity contribution in [1.29, 1.82) is 0 Å². The van der Waals surface area contributed by atoms with Gasteiger partial charge in [0.1, 0.15) is 0 Å². The molecule has 1 fully saturated rings. The van der Waals surface area contributed by atoms with E-state index in [0.29, 0.717) is 6.54 Å². The number of carbonyl (C=O) groups excluding carboxylic acids is 1. The van der Waals surface area contributed by atoms with E-state index in [4.69, 9.17) is 0 Å². The number of fused-ring (bicyclic) bond motifs is 1. The SMILES string of the molecule is O=C([C@@H]1Cc2ccccc2S1)N(Cc1ccc(C(F)(F)F)cc1)C1CC1. The van der Waals surface area contributed by atoms with Crippen molar-refractivity contribution < 1.29 is 18.0 Å². The van der Waals surface area contributed by atoms with Crippen LogP contribution in [0.3, 0.4) is 0 Å². The summed E-state index contributed by atoms with van der Waals surface area (Å²) in [5, 5.41) is -0.137. The second-order valence-corrected chi connectivity index (χ2v) is 8.05. The van der Waals surface area contributed by atoms with Crippen LogP contribution in [0.25, 0.3) is 0 Å². The number of amides is 1. The van der Waals surface area contributed by atoms with Gasteiger partial charge in [-0.2, -0.15) is 13.2 Å². The molecule has 1 heterocycles. The maximum Gasteiger partial charge on any atom is 0.416 e. The molecule has 0 bridgehead atoms. The Morgan fingerprint density at radius 2 is 1.77 bits per heavy atom. The van der Waals surface area contributed by atoms with Crippen molar-refractivity contribution >= 4 is 17.7 Å². The van der Waals surface area contributed by atoms with Crippen molar-refractivity contribution in [3.63, 3.8) is 0 Å². The molecule has 1 saturated carbocycles. The van der Waals surface area contributed by atoms with Crippen LogP contribution in [0, 0.1) is 0 Å². The van der Waals surface area contributed by atoms with Crippen LogP contribution in [0.2, 0.25) is 0 Å². The third-order valence-electron chi connectivity index (χ3n) is 4.83. The summed E-state index contributed by atoms with van der Waals surface area (Å²) in [5.74, 6) is 0.0913. The molecule has 0 saturated heterocycles. The molecular formula is C20H18F3NOS. The second kappa shape index (κ2) is 6.65. The minimum absolute atomic E-state index is 0.0913. The lowest BCUT2D eigenvalue weighted by atomic mass is 10.1. The molecule has 4 rings (SSSR count). The Morgan fingerprint density at radius 3 is 2.38 bits per heavy atom. The average Bonchev–Trinajstić information content (AvgIpc) is 3.36. The monoisotopic (exact) mass is 377 g/mol. The average molecular weight is 377 g/mol. The smallest absolute Gasteiger partial charge is 0.334 e. The summed E-state index contributed by atoms with van der Waals surface area (Å²) in [4.78, 5) is 16.1. The lowest BCUT2D eigenvalue weighted by Gasteiger charge is -2.25. The van der Waals surface area contributed by atoms with Gasteiger partial charge >= 0.3 is 6.18 Å². The lowest BCUT2D eigenvalue weighted by Crippen LogP contribution is -2.38. The molecule has 2 nitrogen and oxygen atoms in total. The molecule has 2 aliphatic rings. The van der Waals surface area contributed by atoms with Gasteiger partial charge in [0, 0.05) is 17.5 Å². The molecule has 136 valence electrons. The largest absolute Gasteiger partial charge is 0.416 e.